The molecular formula is C22H41IN4O. The number of halogens is 1. The maximum Gasteiger partial charge on any atom is 0.191 e. The van der Waals surface area contributed by atoms with E-state index >= 15 is 0 Å². The Kier molecular flexibility index (Phi) is 16.5. The zero-order valence-electron chi connectivity index (χ0n) is 18.4. The van der Waals surface area contributed by atoms with Crippen LogP contribution in [0.2, 0.25) is 0 Å². The van der Waals surface area contributed by atoms with Gasteiger partial charge >= 0.3 is 0 Å². The first-order valence-corrected chi connectivity index (χ1v) is 10.4. The van der Waals surface area contributed by atoms with Crippen molar-refractivity contribution in [3.63, 3.8) is 0 Å². The van der Waals surface area contributed by atoms with Gasteiger partial charge in [0, 0.05) is 45.4 Å². The number of hydrogen-bond donors (Lipinski definition) is 2. The number of hydrogen-bond acceptors (Lipinski definition) is 3. The SMILES string of the molecule is CN=C(NCCCCOCCc1ccccc1)NCCN(C(C)C)C(C)C.I. The second kappa shape index (κ2) is 17.0. The average molecular weight is 505 g/mol. The number of aliphatic imine (C=N–C) groups is 1. The quantitative estimate of drug-likeness (QED) is 0.185. The maximum atomic E-state index is 5.73. The van der Waals surface area contributed by atoms with Gasteiger partial charge in [-0.1, -0.05) is 30.3 Å². The highest BCUT2D eigenvalue weighted by molar-refractivity contribution is 14.0. The Morgan fingerprint density at radius 1 is 0.964 bits per heavy atom. The molecular weight excluding hydrogens is 463 g/mol. The largest absolute Gasteiger partial charge is 0.381 e. The molecule has 5 nitrogen and oxygen atoms in total. The van der Waals surface area contributed by atoms with E-state index in [1.807, 2.05) is 13.1 Å². The molecule has 0 aromatic heterocycles. The lowest BCUT2D eigenvalue weighted by atomic mass is 10.2. The fourth-order valence-electron chi connectivity index (χ4n) is 3.11. The lowest BCUT2D eigenvalue weighted by molar-refractivity contribution is 0.133. The van der Waals surface area contributed by atoms with Crippen LogP contribution in [0.3, 0.4) is 0 Å². The predicted octanol–water partition coefficient (Wildman–Crippen LogP) is 3.93. The van der Waals surface area contributed by atoms with Crippen molar-refractivity contribution < 1.29 is 4.74 Å². The van der Waals surface area contributed by atoms with E-state index in [2.05, 4.69) is 72.5 Å². The van der Waals surface area contributed by atoms with Crippen LogP contribution >= 0.6 is 24.0 Å². The molecule has 0 amide bonds. The Labute approximate surface area is 189 Å². The lowest BCUT2D eigenvalue weighted by Gasteiger charge is -2.30. The summed E-state index contributed by atoms with van der Waals surface area (Å²) in [5.41, 5.74) is 1.34. The van der Waals surface area contributed by atoms with Crippen molar-refractivity contribution in [3.05, 3.63) is 35.9 Å². The second-order valence-corrected chi connectivity index (χ2v) is 7.41. The Morgan fingerprint density at radius 2 is 1.61 bits per heavy atom. The molecule has 0 spiro atoms. The molecule has 0 bridgehead atoms. The fraction of sp³-hybridized carbons (Fsp3) is 0.682. The van der Waals surface area contributed by atoms with Crippen molar-refractivity contribution in [1.82, 2.24) is 15.5 Å². The monoisotopic (exact) mass is 504 g/mol. The van der Waals surface area contributed by atoms with Crippen LogP contribution in [-0.2, 0) is 11.2 Å². The molecule has 0 heterocycles. The highest BCUT2D eigenvalue weighted by atomic mass is 127. The zero-order chi connectivity index (χ0) is 19.9. The molecule has 0 fully saturated rings. The number of benzene rings is 1. The van der Waals surface area contributed by atoms with Crippen LogP contribution in [0, 0.1) is 0 Å². The van der Waals surface area contributed by atoms with Gasteiger partial charge in [0.05, 0.1) is 6.61 Å². The third-order valence-corrected chi connectivity index (χ3v) is 4.60. The summed E-state index contributed by atoms with van der Waals surface area (Å²) >= 11 is 0. The van der Waals surface area contributed by atoms with Crippen LogP contribution in [0.15, 0.2) is 35.3 Å². The summed E-state index contributed by atoms with van der Waals surface area (Å²) in [5.74, 6) is 0.882. The highest BCUT2D eigenvalue weighted by Crippen LogP contribution is 2.03. The number of ether oxygens (including phenoxy) is 1. The van der Waals surface area contributed by atoms with Crippen LogP contribution in [0.1, 0.15) is 46.1 Å². The molecule has 0 unspecified atom stereocenters. The molecule has 0 saturated heterocycles. The van der Waals surface area contributed by atoms with Crippen LogP contribution < -0.4 is 10.6 Å². The van der Waals surface area contributed by atoms with Crippen LogP contribution in [0.25, 0.3) is 0 Å². The number of guanidine groups is 1. The standard InChI is InChI=1S/C22H40N4O.HI/c1-19(2)26(20(3)4)16-15-25-22(23-5)24-14-9-10-17-27-18-13-21-11-7-6-8-12-21;/h6-8,11-12,19-20H,9-10,13-18H2,1-5H3,(H2,23,24,25);1H. The molecule has 0 aliphatic carbocycles. The molecule has 0 aliphatic rings. The second-order valence-electron chi connectivity index (χ2n) is 7.41. The minimum Gasteiger partial charge on any atom is -0.381 e. The van der Waals surface area contributed by atoms with Crippen molar-refractivity contribution in [1.29, 1.82) is 0 Å². The maximum absolute atomic E-state index is 5.73. The van der Waals surface area contributed by atoms with E-state index in [9.17, 15) is 0 Å². The summed E-state index contributed by atoms with van der Waals surface area (Å²) in [6, 6.07) is 11.6. The third kappa shape index (κ3) is 12.6. The summed E-state index contributed by atoms with van der Waals surface area (Å²) < 4.78 is 5.73. The Bertz CT molecular complexity index is 501. The molecule has 1 aromatic carbocycles. The molecule has 6 heteroatoms. The first-order chi connectivity index (χ1) is 13.0. The van der Waals surface area contributed by atoms with Crippen molar-refractivity contribution in [2.75, 3.05) is 39.9 Å². The molecule has 0 radical (unpaired) electrons. The van der Waals surface area contributed by atoms with Gasteiger partial charge in [-0.05, 0) is 52.5 Å². The highest BCUT2D eigenvalue weighted by Gasteiger charge is 2.12. The summed E-state index contributed by atoms with van der Waals surface area (Å²) in [6.07, 6.45) is 3.13. The van der Waals surface area contributed by atoms with Crippen LogP contribution in [-0.4, -0.2) is 62.8 Å². The predicted molar refractivity (Wildman–Crippen MR) is 132 cm³/mol. The molecule has 28 heavy (non-hydrogen) atoms. The van der Waals surface area contributed by atoms with Gasteiger partial charge in [-0.3, -0.25) is 9.89 Å². The van der Waals surface area contributed by atoms with E-state index in [1.165, 1.54) is 5.56 Å². The van der Waals surface area contributed by atoms with Gasteiger partial charge in [-0.15, -0.1) is 24.0 Å². The number of rotatable bonds is 13. The summed E-state index contributed by atoms with van der Waals surface area (Å²) in [4.78, 5) is 6.78. The van der Waals surface area contributed by atoms with E-state index < -0.39 is 0 Å². The van der Waals surface area contributed by atoms with Gasteiger partial charge in [0.1, 0.15) is 0 Å². The minimum atomic E-state index is 0. The summed E-state index contributed by atoms with van der Waals surface area (Å²) in [7, 11) is 1.82. The van der Waals surface area contributed by atoms with E-state index in [-0.39, 0.29) is 24.0 Å². The molecule has 0 atom stereocenters. The van der Waals surface area contributed by atoms with Gasteiger partial charge in [-0.2, -0.15) is 0 Å². The van der Waals surface area contributed by atoms with Crippen molar-refractivity contribution in [3.8, 4) is 0 Å². The van der Waals surface area contributed by atoms with Crippen molar-refractivity contribution in [2.45, 2.75) is 59.0 Å². The molecule has 2 N–H and O–H groups in total. The van der Waals surface area contributed by atoms with Gasteiger partial charge in [-0.25, -0.2) is 0 Å². The van der Waals surface area contributed by atoms with E-state index in [1.54, 1.807) is 0 Å². The van der Waals surface area contributed by atoms with Gasteiger partial charge in [0.15, 0.2) is 5.96 Å². The Morgan fingerprint density at radius 3 is 2.21 bits per heavy atom. The fourth-order valence-corrected chi connectivity index (χ4v) is 3.11. The first-order valence-electron chi connectivity index (χ1n) is 10.4. The molecule has 1 aromatic rings. The first kappa shape index (κ1) is 27.1. The summed E-state index contributed by atoms with van der Waals surface area (Å²) in [6.45, 7) is 13.4. The number of nitrogens with one attached hydrogen (secondary N) is 2. The van der Waals surface area contributed by atoms with Gasteiger partial charge in [0.25, 0.3) is 0 Å². The Balaban J connectivity index is 0.00000729. The van der Waals surface area contributed by atoms with E-state index in [0.29, 0.717) is 12.1 Å². The van der Waals surface area contributed by atoms with Gasteiger partial charge < -0.3 is 15.4 Å². The minimum absolute atomic E-state index is 0. The van der Waals surface area contributed by atoms with Crippen molar-refractivity contribution in [2.24, 2.45) is 4.99 Å². The average Bonchev–Trinajstić information content (AvgIpc) is 2.65. The lowest BCUT2D eigenvalue weighted by Crippen LogP contribution is -2.45. The smallest absolute Gasteiger partial charge is 0.191 e. The van der Waals surface area contributed by atoms with E-state index in [4.69, 9.17) is 4.74 Å². The number of nitrogens with zero attached hydrogens (tertiary/aromatic N) is 2. The molecule has 0 aliphatic heterocycles. The molecule has 162 valence electrons. The van der Waals surface area contributed by atoms with Gasteiger partial charge in [0.2, 0.25) is 0 Å². The number of unbranched alkanes of at least 4 members (excludes halogenated alkanes) is 1. The molecule has 0 saturated carbocycles. The van der Waals surface area contributed by atoms with E-state index in [0.717, 1.165) is 58.1 Å². The topological polar surface area (TPSA) is 48.9 Å². The zero-order valence-corrected chi connectivity index (χ0v) is 20.7. The van der Waals surface area contributed by atoms with Crippen LogP contribution in [0.4, 0.5) is 0 Å². The Hall–Kier alpha value is -0.860. The van der Waals surface area contributed by atoms with Crippen LogP contribution in [0.5, 0.6) is 0 Å². The molecule has 1 rings (SSSR count). The summed E-state index contributed by atoms with van der Waals surface area (Å²) in [5, 5.41) is 6.79. The normalized spacial score (nSPS) is 11.8. The third-order valence-electron chi connectivity index (χ3n) is 4.60. The van der Waals surface area contributed by atoms with Crippen molar-refractivity contribution >= 4 is 29.9 Å².